The van der Waals surface area contributed by atoms with Crippen molar-refractivity contribution in [2.75, 3.05) is 5.84 Å². The van der Waals surface area contributed by atoms with E-state index in [4.69, 9.17) is 5.84 Å². The summed E-state index contributed by atoms with van der Waals surface area (Å²) in [6.07, 6.45) is 0. The van der Waals surface area contributed by atoms with Gasteiger partial charge in [-0.1, -0.05) is 54.2 Å². The first-order chi connectivity index (χ1) is 10.6. The first kappa shape index (κ1) is 14.6. The maximum absolute atomic E-state index is 13.3. The molecule has 0 aliphatic heterocycles. The molecule has 1 atom stereocenters. The van der Waals surface area contributed by atoms with Crippen LogP contribution in [0.5, 0.6) is 0 Å². The lowest BCUT2D eigenvalue weighted by atomic mass is 10.2. The monoisotopic (exact) mass is 314 g/mol. The minimum Gasteiger partial charge on any atom is -0.335 e. The maximum Gasteiger partial charge on any atom is 0.210 e. The number of thioether (sulfide) groups is 1. The molecule has 0 fully saturated rings. The fourth-order valence-electron chi connectivity index (χ4n) is 2.13. The standard InChI is InChI=1S/C16H15FN4S/c1-11(12-6-3-2-4-7-12)22-16-20-19-15(21(16)18)13-8-5-9-14(17)10-13/h2-11H,18H2,1H3/t11-/m1/s1. The largest absolute Gasteiger partial charge is 0.335 e. The number of aromatic nitrogens is 3. The summed E-state index contributed by atoms with van der Waals surface area (Å²) in [6, 6.07) is 16.2. The average Bonchev–Trinajstić information content (AvgIpc) is 2.89. The Bertz CT molecular complexity index is 773. The van der Waals surface area contributed by atoms with Gasteiger partial charge in [-0.3, -0.25) is 0 Å². The van der Waals surface area contributed by atoms with Gasteiger partial charge in [0.1, 0.15) is 5.82 Å². The molecule has 2 aromatic carbocycles. The molecule has 0 unspecified atom stereocenters. The normalized spacial score (nSPS) is 12.3. The van der Waals surface area contributed by atoms with Gasteiger partial charge >= 0.3 is 0 Å². The Morgan fingerprint density at radius 2 is 1.86 bits per heavy atom. The molecule has 2 N–H and O–H groups in total. The van der Waals surface area contributed by atoms with E-state index in [9.17, 15) is 4.39 Å². The summed E-state index contributed by atoms with van der Waals surface area (Å²) in [5, 5.41) is 8.97. The van der Waals surface area contributed by atoms with Gasteiger partial charge in [0, 0.05) is 10.8 Å². The van der Waals surface area contributed by atoms with E-state index in [0.717, 1.165) is 0 Å². The van der Waals surface area contributed by atoms with Gasteiger partial charge in [-0.25, -0.2) is 9.07 Å². The van der Waals surface area contributed by atoms with Crippen LogP contribution in [0.15, 0.2) is 59.8 Å². The van der Waals surface area contributed by atoms with Crippen LogP contribution in [0.25, 0.3) is 11.4 Å². The molecule has 0 aliphatic carbocycles. The van der Waals surface area contributed by atoms with E-state index < -0.39 is 0 Å². The number of nitrogen functional groups attached to an aromatic ring is 1. The van der Waals surface area contributed by atoms with Gasteiger partial charge in [-0.15, -0.1) is 10.2 Å². The average molecular weight is 314 g/mol. The van der Waals surface area contributed by atoms with Crippen molar-refractivity contribution in [2.45, 2.75) is 17.3 Å². The minimum atomic E-state index is -0.327. The SMILES string of the molecule is C[C@@H](Sc1nnc(-c2cccc(F)c2)n1N)c1ccccc1. The van der Waals surface area contributed by atoms with Crippen molar-refractivity contribution in [1.29, 1.82) is 0 Å². The number of halogens is 1. The highest BCUT2D eigenvalue weighted by molar-refractivity contribution is 7.99. The number of nitrogens with two attached hydrogens (primary N) is 1. The van der Waals surface area contributed by atoms with Crippen molar-refractivity contribution < 1.29 is 4.39 Å². The van der Waals surface area contributed by atoms with Gasteiger partial charge in [-0.2, -0.15) is 0 Å². The summed E-state index contributed by atoms with van der Waals surface area (Å²) >= 11 is 1.51. The summed E-state index contributed by atoms with van der Waals surface area (Å²) in [4.78, 5) is 0. The lowest BCUT2D eigenvalue weighted by Crippen LogP contribution is -2.12. The van der Waals surface area contributed by atoms with Crippen molar-refractivity contribution in [3.63, 3.8) is 0 Å². The second-order valence-electron chi connectivity index (χ2n) is 4.86. The molecular formula is C16H15FN4S. The fourth-order valence-corrected chi connectivity index (χ4v) is 3.03. The quantitative estimate of drug-likeness (QED) is 0.590. The second kappa shape index (κ2) is 6.19. The summed E-state index contributed by atoms with van der Waals surface area (Å²) < 4.78 is 14.7. The predicted octanol–water partition coefficient (Wildman–Crippen LogP) is 3.65. The van der Waals surface area contributed by atoms with Crippen LogP contribution < -0.4 is 5.84 Å². The highest BCUT2D eigenvalue weighted by Crippen LogP contribution is 2.34. The smallest absolute Gasteiger partial charge is 0.210 e. The Kier molecular flexibility index (Phi) is 4.11. The van der Waals surface area contributed by atoms with Crippen LogP contribution in [0, 0.1) is 5.82 Å². The van der Waals surface area contributed by atoms with Crippen LogP contribution >= 0.6 is 11.8 Å². The van der Waals surface area contributed by atoms with E-state index in [0.29, 0.717) is 16.5 Å². The van der Waals surface area contributed by atoms with Gasteiger partial charge in [0.05, 0.1) is 0 Å². The topological polar surface area (TPSA) is 56.7 Å². The lowest BCUT2D eigenvalue weighted by molar-refractivity contribution is 0.628. The van der Waals surface area contributed by atoms with Gasteiger partial charge in [0.25, 0.3) is 0 Å². The summed E-state index contributed by atoms with van der Waals surface area (Å²) in [5.74, 6) is 6.18. The lowest BCUT2D eigenvalue weighted by Gasteiger charge is -2.10. The molecule has 0 radical (unpaired) electrons. The summed E-state index contributed by atoms with van der Waals surface area (Å²) in [7, 11) is 0. The van der Waals surface area contributed by atoms with E-state index in [1.54, 1.807) is 12.1 Å². The zero-order chi connectivity index (χ0) is 15.5. The molecule has 1 aromatic heterocycles. The maximum atomic E-state index is 13.3. The van der Waals surface area contributed by atoms with Crippen LogP contribution in [0.3, 0.4) is 0 Å². The molecule has 4 nitrogen and oxygen atoms in total. The van der Waals surface area contributed by atoms with Crippen molar-refractivity contribution in [3.8, 4) is 11.4 Å². The Balaban J connectivity index is 1.85. The summed E-state index contributed by atoms with van der Waals surface area (Å²) in [5.41, 5.74) is 1.79. The first-order valence-corrected chi connectivity index (χ1v) is 7.71. The number of nitrogens with zero attached hydrogens (tertiary/aromatic N) is 3. The van der Waals surface area contributed by atoms with Crippen LogP contribution in [0.4, 0.5) is 4.39 Å². The molecule has 112 valence electrons. The third-order valence-corrected chi connectivity index (χ3v) is 4.41. The number of benzene rings is 2. The Morgan fingerprint density at radius 3 is 2.59 bits per heavy atom. The van der Waals surface area contributed by atoms with Crippen LogP contribution in [0.1, 0.15) is 17.7 Å². The molecule has 0 aliphatic rings. The van der Waals surface area contributed by atoms with Crippen molar-refractivity contribution in [2.24, 2.45) is 0 Å². The molecule has 0 spiro atoms. The van der Waals surface area contributed by atoms with Gasteiger partial charge in [-0.05, 0) is 24.6 Å². The van der Waals surface area contributed by atoms with Gasteiger partial charge in [0.2, 0.25) is 5.16 Å². The van der Waals surface area contributed by atoms with E-state index in [1.807, 2.05) is 18.2 Å². The Hall–Kier alpha value is -2.34. The second-order valence-corrected chi connectivity index (χ2v) is 6.17. The van der Waals surface area contributed by atoms with Gasteiger partial charge in [0.15, 0.2) is 5.82 Å². The van der Waals surface area contributed by atoms with Crippen LogP contribution in [0.2, 0.25) is 0 Å². The molecule has 0 bridgehead atoms. The van der Waals surface area contributed by atoms with Crippen molar-refractivity contribution in [3.05, 3.63) is 66.0 Å². The van der Waals surface area contributed by atoms with Gasteiger partial charge < -0.3 is 5.84 Å². The third kappa shape index (κ3) is 2.96. The number of rotatable bonds is 4. The molecule has 3 aromatic rings. The van der Waals surface area contributed by atoms with Crippen molar-refractivity contribution in [1.82, 2.24) is 14.9 Å². The Labute approximate surface area is 132 Å². The first-order valence-electron chi connectivity index (χ1n) is 6.83. The molecule has 0 saturated carbocycles. The number of hydrogen-bond acceptors (Lipinski definition) is 4. The molecule has 0 amide bonds. The van der Waals surface area contributed by atoms with E-state index in [1.165, 1.54) is 34.1 Å². The predicted molar refractivity (Wildman–Crippen MR) is 86.3 cm³/mol. The zero-order valence-electron chi connectivity index (χ0n) is 12.0. The van der Waals surface area contributed by atoms with Crippen LogP contribution in [-0.4, -0.2) is 14.9 Å². The number of hydrogen-bond donors (Lipinski definition) is 1. The van der Waals surface area contributed by atoms with E-state index in [2.05, 4.69) is 29.3 Å². The molecular weight excluding hydrogens is 299 g/mol. The molecule has 3 rings (SSSR count). The fraction of sp³-hybridized carbons (Fsp3) is 0.125. The molecule has 0 saturated heterocycles. The third-order valence-electron chi connectivity index (χ3n) is 3.30. The minimum absolute atomic E-state index is 0.188. The molecule has 1 heterocycles. The van der Waals surface area contributed by atoms with Crippen molar-refractivity contribution >= 4 is 11.8 Å². The highest BCUT2D eigenvalue weighted by atomic mass is 32.2. The van der Waals surface area contributed by atoms with E-state index >= 15 is 0 Å². The van der Waals surface area contributed by atoms with E-state index in [-0.39, 0.29) is 11.1 Å². The highest BCUT2D eigenvalue weighted by Gasteiger charge is 2.16. The Morgan fingerprint density at radius 1 is 1.09 bits per heavy atom. The zero-order valence-corrected chi connectivity index (χ0v) is 12.8. The summed E-state index contributed by atoms with van der Waals surface area (Å²) in [6.45, 7) is 2.08. The molecule has 22 heavy (non-hydrogen) atoms. The molecule has 6 heteroatoms. The van der Waals surface area contributed by atoms with Crippen LogP contribution in [-0.2, 0) is 0 Å².